The minimum absolute atomic E-state index is 0.672. The minimum Gasteiger partial charge on any atom is -0.236 e. The molecule has 86 valence electrons. The molecule has 0 saturated heterocycles. The van der Waals surface area contributed by atoms with E-state index in [2.05, 4.69) is 58.1 Å². The van der Waals surface area contributed by atoms with E-state index >= 15 is 0 Å². The Balaban J connectivity index is 1.95. The summed E-state index contributed by atoms with van der Waals surface area (Å²) in [6.45, 7) is 0. The van der Waals surface area contributed by atoms with E-state index in [4.69, 9.17) is 0 Å². The Bertz CT molecular complexity index is 785. The molecular formula is C16H13N2+. The highest BCUT2D eigenvalue weighted by atomic mass is 15.2. The SMILES string of the molecule is c1ccc2c(c1)-c1[nH]c3ccccc3[n+]1C1CC21. The Labute approximate surface area is 105 Å². The van der Waals surface area contributed by atoms with Crippen LogP contribution in [0.25, 0.3) is 22.4 Å². The number of nitrogens with zero attached hydrogens (tertiary/aromatic N) is 1. The molecule has 1 N–H and O–H groups in total. The third-order valence-electron chi connectivity index (χ3n) is 4.36. The largest absolute Gasteiger partial charge is 0.288 e. The van der Waals surface area contributed by atoms with Gasteiger partial charge in [-0.2, -0.15) is 0 Å². The van der Waals surface area contributed by atoms with Crippen LogP contribution in [-0.4, -0.2) is 4.98 Å². The number of nitrogens with one attached hydrogen (secondary N) is 1. The van der Waals surface area contributed by atoms with Gasteiger partial charge in [-0.1, -0.05) is 30.3 Å². The first-order valence-electron chi connectivity index (χ1n) is 6.55. The summed E-state index contributed by atoms with van der Waals surface area (Å²) >= 11 is 0. The number of hydrogen-bond donors (Lipinski definition) is 1. The van der Waals surface area contributed by atoms with Crippen molar-refractivity contribution in [2.45, 2.75) is 18.4 Å². The molecule has 2 nitrogen and oxygen atoms in total. The maximum Gasteiger partial charge on any atom is 0.288 e. The Morgan fingerprint density at radius 3 is 2.83 bits per heavy atom. The van der Waals surface area contributed by atoms with Crippen LogP contribution in [0.4, 0.5) is 0 Å². The van der Waals surface area contributed by atoms with Gasteiger partial charge in [-0.25, -0.2) is 9.55 Å². The van der Waals surface area contributed by atoms with Crippen molar-refractivity contribution in [1.29, 1.82) is 0 Å². The molecule has 0 amide bonds. The molecule has 1 fully saturated rings. The maximum atomic E-state index is 3.59. The number of rotatable bonds is 0. The van der Waals surface area contributed by atoms with E-state index in [1.54, 1.807) is 0 Å². The highest BCUT2D eigenvalue weighted by molar-refractivity contribution is 5.76. The molecule has 2 aliphatic rings. The first-order valence-corrected chi connectivity index (χ1v) is 6.55. The van der Waals surface area contributed by atoms with Gasteiger partial charge < -0.3 is 0 Å². The van der Waals surface area contributed by atoms with Crippen molar-refractivity contribution in [2.24, 2.45) is 0 Å². The van der Waals surface area contributed by atoms with E-state index in [9.17, 15) is 0 Å². The fraction of sp³-hybridized carbons (Fsp3) is 0.188. The fourth-order valence-electron chi connectivity index (χ4n) is 3.48. The predicted molar refractivity (Wildman–Crippen MR) is 70.3 cm³/mol. The van der Waals surface area contributed by atoms with E-state index in [-0.39, 0.29) is 0 Å². The molecule has 2 heteroatoms. The lowest BCUT2D eigenvalue weighted by Gasteiger charge is -2.11. The van der Waals surface area contributed by atoms with Crippen molar-refractivity contribution in [3.05, 3.63) is 54.1 Å². The lowest BCUT2D eigenvalue weighted by atomic mass is 10.00. The number of H-pyrrole nitrogens is 1. The normalized spacial score (nSPS) is 23.3. The summed E-state index contributed by atoms with van der Waals surface area (Å²) in [5.74, 6) is 2.02. The number of aromatic nitrogens is 2. The molecule has 2 heterocycles. The second-order valence-corrected chi connectivity index (χ2v) is 5.36. The Morgan fingerprint density at radius 1 is 1.00 bits per heavy atom. The van der Waals surface area contributed by atoms with Crippen molar-refractivity contribution in [3.8, 4) is 11.4 Å². The van der Waals surface area contributed by atoms with Crippen LogP contribution < -0.4 is 4.57 Å². The molecule has 2 atom stereocenters. The van der Waals surface area contributed by atoms with Crippen molar-refractivity contribution < 1.29 is 4.57 Å². The van der Waals surface area contributed by atoms with Crippen LogP contribution >= 0.6 is 0 Å². The quantitative estimate of drug-likeness (QED) is 0.575. The zero-order chi connectivity index (χ0) is 11.7. The Hall–Kier alpha value is -2.09. The average Bonchev–Trinajstić information content (AvgIpc) is 3.13. The van der Waals surface area contributed by atoms with E-state index < -0.39 is 0 Å². The molecule has 2 aromatic carbocycles. The molecule has 18 heavy (non-hydrogen) atoms. The van der Waals surface area contributed by atoms with Crippen LogP contribution in [0.5, 0.6) is 0 Å². The summed E-state index contributed by atoms with van der Waals surface area (Å²) < 4.78 is 2.50. The molecule has 1 saturated carbocycles. The second kappa shape index (κ2) is 2.83. The van der Waals surface area contributed by atoms with Gasteiger partial charge in [0, 0.05) is 5.92 Å². The van der Waals surface area contributed by atoms with E-state index in [1.165, 1.54) is 34.4 Å². The highest BCUT2D eigenvalue weighted by Crippen LogP contribution is 2.54. The topological polar surface area (TPSA) is 19.7 Å². The number of benzene rings is 2. The monoisotopic (exact) mass is 233 g/mol. The van der Waals surface area contributed by atoms with Gasteiger partial charge in [-0.05, 0) is 30.2 Å². The number of hydrogen-bond acceptors (Lipinski definition) is 0. The van der Waals surface area contributed by atoms with Crippen LogP contribution in [0.1, 0.15) is 23.9 Å². The van der Waals surface area contributed by atoms with E-state index in [0.29, 0.717) is 6.04 Å². The zero-order valence-electron chi connectivity index (χ0n) is 9.93. The van der Waals surface area contributed by atoms with Crippen LogP contribution in [0.15, 0.2) is 48.5 Å². The first kappa shape index (κ1) is 8.92. The fourth-order valence-corrected chi connectivity index (χ4v) is 3.48. The Morgan fingerprint density at radius 2 is 1.83 bits per heavy atom. The predicted octanol–water partition coefficient (Wildman–Crippen LogP) is 3.16. The third-order valence-corrected chi connectivity index (χ3v) is 4.36. The maximum absolute atomic E-state index is 3.59. The summed E-state index contributed by atoms with van der Waals surface area (Å²) in [5, 5.41) is 0. The van der Waals surface area contributed by atoms with Gasteiger partial charge in [0.15, 0.2) is 11.0 Å². The molecule has 1 aliphatic heterocycles. The van der Waals surface area contributed by atoms with Gasteiger partial charge in [0.1, 0.15) is 6.04 Å². The van der Waals surface area contributed by atoms with Gasteiger partial charge in [0.25, 0.3) is 5.82 Å². The molecule has 0 bridgehead atoms. The number of fused-ring (bicyclic) bond motifs is 8. The zero-order valence-corrected chi connectivity index (χ0v) is 9.93. The van der Waals surface area contributed by atoms with Gasteiger partial charge in [-0.3, -0.25) is 0 Å². The number of aromatic amines is 1. The van der Waals surface area contributed by atoms with E-state index in [1.807, 2.05) is 0 Å². The number of para-hydroxylation sites is 2. The lowest BCUT2D eigenvalue weighted by Crippen LogP contribution is -2.36. The minimum atomic E-state index is 0.672. The van der Waals surface area contributed by atoms with Crippen molar-refractivity contribution in [3.63, 3.8) is 0 Å². The van der Waals surface area contributed by atoms with Gasteiger partial charge in [-0.15, -0.1) is 0 Å². The van der Waals surface area contributed by atoms with Gasteiger partial charge in [0.05, 0.1) is 5.56 Å². The molecule has 0 spiro atoms. The van der Waals surface area contributed by atoms with Crippen LogP contribution in [0, 0.1) is 0 Å². The Kier molecular flexibility index (Phi) is 1.40. The molecule has 0 radical (unpaired) electrons. The molecular weight excluding hydrogens is 220 g/mol. The third kappa shape index (κ3) is 0.931. The number of imidazole rings is 1. The first-order chi connectivity index (χ1) is 8.93. The van der Waals surface area contributed by atoms with Crippen LogP contribution in [-0.2, 0) is 0 Å². The van der Waals surface area contributed by atoms with Crippen molar-refractivity contribution in [2.75, 3.05) is 0 Å². The summed E-state index contributed by atoms with van der Waals surface area (Å²) in [5.41, 5.74) is 5.49. The highest BCUT2D eigenvalue weighted by Gasteiger charge is 2.51. The molecule has 5 rings (SSSR count). The summed E-state index contributed by atoms with van der Waals surface area (Å²) in [4.78, 5) is 3.59. The molecule has 1 aromatic heterocycles. The average molecular weight is 233 g/mol. The van der Waals surface area contributed by atoms with Gasteiger partial charge >= 0.3 is 0 Å². The lowest BCUT2D eigenvalue weighted by molar-refractivity contribution is -0.666. The summed E-state index contributed by atoms with van der Waals surface area (Å²) in [6, 6.07) is 18.1. The summed E-state index contributed by atoms with van der Waals surface area (Å²) in [7, 11) is 0. The van der Waals surface area contributed by atoms with Crippen LogP contribution in [0.3, 0.4) is 0 Å². The molecule has 2 unspecified atom stereocenters. The van der Waals surface area contributed by atoms with E-state index in [0.717, 1.165) is 5.92 Å². The van der Waals surface area contributed by atoms with Crippen molar-refractivity contribution >= 4 is 11.0 Å². The summed E-state index contributed by atoms with van der Waals surface area (Å²) in [6.07, 6.45) is 1.29. The smallest absolute Gasteiger partial charge is 0.236 e. The van der Waals surface area contributed by atoms with Crippen molar-refractivity contribution in [1.82, 2.24) is 4.98 Å². The second-order valence-electron chi connectivity index (χ2n) is 5.36. The van der Waals surface area contributed by atoms with Gasteiger partial charge in [0.2, 0.25) is 0 Å². The molecule has 1 aliphatic carbocycles. The molecule has 3 aromatic rings. The van der Waals surface area contributed by atoms with Crippen LogP contribution in [0.2, 0.25) is 0 Å². The standard InChI is InChI=1S/C16H12N2/c1-2-6-11-10(5-1)12-9-15(12)18-14-8-4-3-7-13(14)17-16(11)18/h1-8,12,15H,9H2/p+1.